The first-order chi connectivity index (χ1) is 9.63. The summed E-state index contributed by atoms with van der Waals surface area (Å²) in [6, 6.07) is 7.56. The molecule has 0 heterocycles. The zero-order valence-corrected chi connectivity index (χ0v) is 12.8. The third kappa shape index (κ3) is 5.06. The van der Waals surface area contributed by atoms with E-state index in [1.165, 1.54) is 19.3 Å². The fraction of sp³-hybridized carbons (Fsp3) is 0.625. The molecule has 2 N–H and O–H groups in total. The number of aliphatic hydroxyl groups excluding tert-OH is 1. The lowest BCUT2D eigenvalue weighted by molar-refractivity contribution is 0.0283. The number of hydrogen-bond acceptors (Lipinski definition) is 3. The zero-order chi connectivity index (χ0) is 14.4. The van der Waals surface area contributed by atoms with Crippen LogP contribution in [0.15, 0.2) is 24.3 Å². The second-order valence-corrected chi connectivity index (χ2v) is 6.22. The van der Waals surface area contributed by atoms with Gasteiger partial charge >= 0.3 is 0 Å². The van der Waals surface area contributed by atoms with E-state index in [1.54, 1.807) is 0 Å². The van der Waals surface area contributed by atoms with Gasteiger partial charge in [-0.05, 0) is 42.4 Å². The van der Waals surface area contributed by atoms with Gasteiger partial charge in [-0.25, -0.2) is 0 Å². The molecule has 0 saturated heterocycles. The Hall–Kier alpha value is -0.610. The van der Waals surface area contributed by atoms with E-state index in [0.29, 0.717) is 25.2 Å². The minimum Gasteiger partial charge on any atom is -0.389 e. The van der Waals surface area contributed by atoms with Crippen molar-refractivity contribution in [1.82, 2.24) is 5.32 Å². The lowest BCUT2D eigenvalue weighted by Gasteiger charge is -2.16. The van der Waals surface area contributed by atoms with E-state index in [9.17, 15) is 5.11 Å². The molecule has 0 bridgehead atoms. The third-order valence-corrected chi connectivity index (χ3v) is 4.33. The second-order valence-electron chi connectivity index (χ2n) is 5.78. The van der Waals surface area contributed by atoms with Crippen LogP contribution in [0, 0.1) is 5.41 Å². The number of benzene rings is 1. The van der Waals surface area contributed by atoms with Gasteiger partial charge in [-0.3, -0.25) is 0 Å². The van der Waals surface area contributed by atoms with Gasteiger partial charge in [-0.2, -0.15) is 0 Å². The molecule has 1 aliphatic carbocycles. The summed E-state index contributed by atoms with van der Waals surface area (Å²) < 4.78 is 5.51. The molecule has 1 aromatic carbocycles. The number of hydrogen-bond donors (Lipinski definition) is 2. The van der Waals surface area contributed by atoms with E-state index in [0.717, 1.165) is 17.1 Å². The van der Waals surface area contributed by atoms with E-state index in [1.807, 2.05) is 24.3 Å². The minimum atomic E-state index is -0.449. The third-order valence-electron chi connectivity index (χ3n) is 4.08. The smallest absolute Gasteiger partial charge is 0.0897 e. The Bertz CT molecular complexity index is 403. The quantitative estimate of drug-likeness (QED) is 0.736. The molecule has 0 spiro atoms. The number of ether oxygens (including phenoxy) is 1. The summed E-state index contributed by atoms with van der Waals surface area (Å²) in [5.74, 6) is 0. The highest BCUT2D eigenvalue weighted by atomic mass is 35.5. The van der Waals surface area contributed by atoms with E-state index in [2.05, 4.69) is 12.2 Å². The van der Waals surface area contributed by atoms with Crippen molar-refractivity contribution in [2.45, 2.75) is 38.9 Å². The van der Waals surface area contributed by atoms with Gasteiger partial charge in [-0.1, -0.05) is 30.7 Å². The fourth-order valence-corrected chi connectivity index (χ4v) is 2.41. The highest BCUT2D eigenvalue weighted by Crippen LogP contribution is 2.47. The van der Waals surface area contributed by atoms with Crippen LogP contribution in [-0.2, 0) is 11.3 Å². The fourth-order valence-electron chi connectivity index (χ4n) is 2.29. The van der Waals surface area contributed by atoms with Crippen LogP contribution in [-0.4, -0.2) is 30.9 Å². The first-order valence-electron chi connectivity index (χ1n) is 7.34. The van der Waals surface area contributed by atoms with Crippen molar-refractivity contribution in [3.63, 3.8) is 0 Å². The normalized spacial score (nSPS) is 17.9. The van der Waals surface area contributed by atoms with E-state index < -0.39 is 6.10 Å². The Morgan fingerprint density at radius 2 is 2.05 bits per heavy atom. The molecule has 1 atom stereocenters. The summed E-state index contributed by atoms with van der Waals surface area (Å²) >= 11 is 5.82. The minimum absolute atomic E-state index is 0.356. The van der Waals surface area contributed by atoms with Crippen molar-refractivity contribution < 1.29 is 9.84 Å². The predicted molar refractivity (Wildman–Crippen MR) is 81.9 cm³/mol. The molecule has 2 rings (SSSR count). The van der Waals surface area contributed by atoms with E-state index in [4.69, 9.17) is 16.3 Å². The Kier molecular flexibility index (Phi) is 5.85. The number of rotatable bonds is 9. The first-order valence-corrected chi connectivity index (χ1v) is 7.72. The molecule has 0 aromatic heterocycles. The van der Waals surface area contributed by atoms with Gasteiger partial charge in [0.05, 0.1) is 19.3 Å². The van der Waals surface area contributed by atoms with Crippen LogP contribution in [0.1, 0.15) is 31.7 Å². The average molecular weight is 298 g/mol. The lowest BCUT2D eigenvalue weighted by Crippen LogP contribution is -2.34. The molecule has 112 valence electrons. The van der Waals surface area contributed by atoms with Gasteiger partial charge < -0.3 is 15.2 Å². The molecule has 3 nitrogen and oxygen atoms in total. The molecule has 1 aliphatic rings. The van der Waals surface area contributed by atoms with Gasteiger partial charge in [0.1, 0.15) is 0 Å². The molecule has 0 radical (unpaired) electrons. The number of halogens is 1. The van der Waals surface area contributed by atoms with Crippen LogP contribution in [0.2, 0.25) is 5.02 Å². The molecule has 0 amide bonds. The predicted octanol–water partition coefficient (Wildman–Crippen LogP) is 3.00. The van der Waals surface area contributed by atoms with Crippen molar-refractivity contribution in [3.8, 4) is 0 Å². The molecule has 1 unspecified atom stereocenters. The van der Waals surface area contributed by atoms with Gasteiger partial charge in [0.15, 0.2) is 0 Å². The average Bonchev–Trinajstić information content (AvgIpc) is 3.22. The van der Waals surface area contributed by atoms with Crippen LogP contribution in [0.3, 0.4) is 0 Å². The Labute approximate surface area is 126 Å². The SMILES string of the molecule is CCC1(CNCC(O)COCc2ccc(Cl)cc2)CC1. The van der Waals surface area contributed by atoms with E-state index >= 15 is 0 Å². The van der Waals surface area contributed by atoms with Crippen molar-refractivity contribution >= 4 is 11.6 Å². The first kappa shape index (κ1) is 15.8. The van der Waals surface area contributed by atoms with Gasteiger partial charge in [0.2, 0.25) is 0 Å². The molecular weight excluding hydrogens is 274 g/mol. The van der Waals surface area contributed by atoms with Crippen LogP contribution in [0.4, 0.5) is 0 Å². The topological polar surface area (TPSA) is 41.5 Å². The maximum atomic E-state index is 9.85. The molecular formula is C16H24ClNO2. The number of nitrogens with one attached hydrogen (secondary N) is 1. The molecule has 1 fully saturated rings. The molecule has 0 aliphatic heterocycles. The maximum Gasteiger partial charge on any atom is 0.0897 e. The van der Waals surface area contributed by atoms with Crippen LogP contribution < -0.4 is 5.32 Å². The monoisotopic (exact) mass is 297 g/mol. The number of aliphatic hydroxyl groups is 1. The van der Waals surface area contributed by atoms with Crippen LogP contribution >= 0.6 is 11.6 Å². The zero-order valence-electron chi connectivity index (χ0n) is 12.1. The molecule has 20 heavy (non-hydrogen) atoms. The lowest BCUT2D eigenvalue weighted by atomic mass is 10.0. The summed E-state index contributed by atoms with van der Waals surface area (Å²) in [5, 5.41) is 13.9. The molecule has 1 aromatic rings. The Morgan fingerprint density at radius 3 is 2.65 bits per heavy atom. The summed E-state index contributed by atoms with van der Waals surface area (Å²) in [6.45, 7) is 4.71. The van der Waals surface area contributed by atoms with Crippen molar-refractivity contribution in [1.29, 1.82) is 0 Å². The standard InChI is InChI=1S/C16H24ClNO2/c1-2-16(7-8-16)12-18-9-15(19)11-20-10-13-3-5-14(17)6-4-13/h3-6,15,18-19H,2,7-12H2,1H3. The maximum absolute atomic E-state index is 9.85. The van der Waals surface area contributed by atoms with Gasteiger partial charge in [-0.15, -0.1) is 0 Å². The summed E-state index contributed by atoms with van der Waals surface area (Å²) in [5.41, 5.74) is 1.58. The summed E-state index contributed by atoms with van der Waals surface area (Å²) in [7, 11) is 0. The van der Waals surface area contributed by atoms with Crippen LogP contribution in [0.5, 0.6) is 0 Å². The molecule has 4 heteroatoms. The van der Waals surface area contributed by atoms with Crippen LogP contribution in [0.25, 0.3) is 0 Å². The van der Waals surface area contributed by atoms with Crippen molar-refractivity contribution in [3.05, 3.63) is 34.9 Å². The summed E-state index contributed by atoms with van der Waals surface area (Å²) in [6.07, 6.45) is 3.41. The largest absolute Gasteiger partial charge is 0.389 e. The van der Waals surface area contributed by atoms with Gasteiger partial charge in [0.25, 0.3) is 0 Å². The van der Waals surface area contributed by atoms with E-state index in [-0.39, 0.29) is 0 Å². The Balaban J connectivity index is 1.56. The van der Waals surface area contributed by atoms with Gasteiger partial charge in [0, 0.05) is 18.1 Å². The Morgan fingerprint density at radius 1 is 1.35 bits per heavy atom. The molecule has 1 saturated carbocycles. The summed E-state index contributed by atoms with van der Waals surface area (Å²) in [4.78, 5) is 0. The highest BCUT2D eigenvalue weighted by Gasteiger charge is 2.39. The second kappa shape index (κ2) is 7.41. The highest BCUT2D eigenvalue weighted by molar-refractivity contribution is 6.30. The van der Waals surface area contributed by atoms with Crippen molar-refractivity contribution in [2.75, 3.05) is 19.7 Å². The van der Waals surface area contributed by atoms with Crippen molar-refractivity contribution in [2.24, 2.45) is 5.41 Å².